The van der Waals surface area contributed by atoms with Crippen molar-refractivity contribution in [1.29, 1.82) is 0 Å². The topological polar surface area (TPSA) is 38.3 Å². The van der Waals surface area contributed by atoms with Gasteiger partial charge < -0.3 is 10.1 Å². The molecule has 0 aromatic rings. The van der Waals surface area contributed by atoms with Gasteiger partial charge in [0.1, 0.15) is 0 Å². The van der Waals surface area contributed by atoms with Crippen molar-refractivity contribution in [3.05, 3.63) is 0 Å². The summed E-state index contributed by atoms with van der Waals surface area (Å²) in [6.45, 7) is 8.27. The van der Waals surface area contributed by atoms with Crippen molar-refractivity contribution in [2.75, 3.05) is 25.5 Å². The molecule has 4 heteroatoms. The summed E-state index contributed by atoms with van der Waals surface area (Å²) in [5.74, 6) is 1.35. The lowest BCUT2D eigenvalue weighted by molar-refractivity contribution is -0.124. The Balaban J connectivity index is 3.24. The van der Waals surface area contributed by atoms with Gasteiger partial charge in [0.15, 0.2) is 0 Å². The number of hydrogen-bond acceptors (Lipinski definition) is 3. The van der Waals surface area contributed by atoms with Crippen LogP contribution in [0.4, 0.5) is 0 Å². The summed E-state index contributed by atoms with van der Waals surface area (Å²) in [5.41, 5.74) is 0. The van der Waals surface area contributed by atoms with E-state index in [0.717, 1.165) is 18.9 Å². The van der Waals surface area contributed by atoms with Crippen LogP contribution in [0.2, 0.25) is 0 Å². The molecular weight excluding hydrogens is 222 g/mol. The zero-order valence-electron chi connectivity index (χ0n) is 10.7. The third-order valence-electron chi connectivity index (χ3n) is 2.34. The van der Waals surface area contributed by atoms with Gasteiger partial charge in [0.25, 0.3) is 0 Å². The van der Waals surface area contributed by atoms with E-state index in [9.17, 15) is 4.79 Å². The van der Waals surface area contributed by atoms with Crippen LogP contribution in [-0.2, 0) is 9.53 Å². The van der Waals surface area contributed by atoms with E-state index in [-0.39, 0.29) is 11.8 Å². The molecule has 0 spiro atoms. The van der Waals surface area contributed by atoms with E-state index in [0.29, 0.717) is 18.9 Å². The maximum absolute atomic E-state index is 11.3. The molecule has 1 amide bonds. The van der Waals surface area contributed by atoms with Crippen LogP contribution in [0.1, 0.15) is 33.6 Å². The molecule has 0 radical (unpaired) electrons. The van der Waals surface area contributed by atoms with E-state index >= 15 is 0 Å². The molecule has 96 valence electrons. The van der Waals surface area contributed by atoms with Crippen molar-refractivity contribution in [3.8, 4) is 0 Å². The molecule has 0 rings (SSSR count). The van der Waals surface area contributed by atoms with E-state index in [1.165, 1.54) is 6.42 Å². The maximum Gasteiger partial charge on any atom is 0.223 e. The highest BCUT2D eigenvalue weighted by Crippen LogP contribution is 2.02. The highest BCUT2D eigenvalue weighted by Gasteiger charge is 2.09. The molecule has 16 heavy (non-hydrogen) atoms. The van der Waals surface area contributed by atoms with Crippen molar-refractivity contribution in [3.63, 3.8) is 0 Å². The molecule has 3 nitrogen and oxygen atoms in total. The Labute approximate surface area is 105 Å². The molecule has 1 unspecified atom stereocenters. The molecule has 0 heterocycles. The molecule has 0 aromatic carbocycles. The third-order valence-corrected chi connectivity index (χ3v) is 2.88. The van der Waals surface area contributed by atoms with E-state index in [2.05, 4.69) is 31.8 Å². The summed E-state index contributed by atoms with van der Waals surface area (Å²) in [5, 5.41) is 2.82. The average molecular weight is 247 g/mol. The standard InChI is InChI=1S/C12H25NO2S/c1-10(2)5-4-7-15-8-6-13-12(14)11(3)9-16/h10-11,16H,4-9H2,1-3H3,(H,13,14). The van der Waals surface area contributed by atoms with Gasteiger partial charge in [0, 0.05) is 24.8 Å². The number of rotatable bonds is 9. The Hall–Kier alpha value is -0.220. The first-order chi connectivity index (χ1) is 7.57. The lowest BCUT2D eigenvalue weighted by atomic mass is 10.1. The third kappa shape index (κ3) is 9.04. The lowest BCUT2D eigenvalue weighted by Gasteiger charge is -2.10. The Bertz CT molecular complexity index is 186. The molecule has 1 atom stereocenters. The lowest BCUT2D eigenvalue weighted by Crippen LogP contribution is -2.32. The normalized spacial score (nSPS) is 12.8. The number of nitrogens with one attached hydrogen (secondary N) is 1. The van der Waals surface area contributed by atoms with Crippen LogP contribution >= 0.6 is 12.6 Å². The van der Waals surface area contributed by atoms with Gasteiger partial charge in [0.2, 0.25) is 5.91 Å². The summed E-state index contributed by atoms with van der Waals surface area (Å²) in [7, 11) is 0. The fourth-order valence-corrected chi connectivity index (χ4v) is 1.37. The fraction of sp³-hybridized carbons (Fsp3) is 0.917. The minimum atomic E-state index is -0.0238. The maximum atomic E-state index is 11.3. The van der Waals surface area contributed by atoms with Crippen LogP contribution in [0.25, 0.3) is 0 Å². The van der Waals surface area contributed by atoms with Gasteiger partial charge in [-0.2, -0.15) is 12.6 Å². The zero-order chi connectivity index (χ0) is 12.4. The molecule has 0 fully saturated rings. The van der Waals surface area contributed by atoms with E-state index in [4.69, 9.17) is 4.74 Å². The largest absolute Gasteiger partial charge is 0.380 e. The first-order valence-electron chi connectivity index (χ1n) is 6.04. The number of carbonyl (C=O) groups is 1. The van der Waals surface area contributed by atoms with E-state index < -0.39 is 0 Å². The van der Waals surface area contributed by atoms with Gasteiger partial charge in [-0.3, -0.25) is 4.79 Å². The Morgan fingerprint density at radius 3 is 2.56 bits per heavy atom. The van der Waals surface area contributed by atoms with Gasteiger partial charge >= 0.3 is 0 Å². The van der Waals surface area contributed by atoms with Crippen molar-refractivity contribution in [2.45, 2.75) is 33.6 Å². The number of hydrogen-bond donors (Lipinski definition) is 2. The van der Waals surface area contributed by atoms with E-state index in [1.807, 2.05) is 6.92 Å². The molecule has 0 aromatic heterocycles. The zero-order valence-corrected chi connectivity index (χ0v) is 11.6. The molecular formula is C12H25NO2S. The highest BCUT2D eigenvalue weighted by atomic mass is 32.1. The molecule has 0 aliphatic carbocycles. The summed E-state index contributed by atoms with van der Waals surface area (Å²) < 4.78 is 5.41. The van der Waals surface area contributed by atoms with Gasteiger partial charge in [-0.15, -0.1) is 0 Å². The van der Waals surface area contributed by atoms with E-state index in [1.54, 1.807) is 0 Å². The quantitative estimate of drug-likeness (QED) is 0.484. The van der Waals surface area contributed by atoms with Crippen molar-refractivity contribution < 1.29 is 9.53 Å². The van der Waals surface area contributed by atoms with Gasteiger partial charge in [-0.1, -0.05) is 20.8 Å². The number of thiol groups is 1. The predicted octanol–water partition coefficient (Wildman–Crippen LogP) is 2.12. The first-order valence-corrected chi connectivity index (χ1v) is 6.67. The SMILES string of the molecule is CC(C)CCCOCCNC(=O)C(C)CS. The minimum Gasteiger partial charge on any atom is -0.380 e. The van der Waals surface area contributed by atoms with Gasteiger partial charge in [-0.25, -0.2) is 0 Å². The van der Waals surface area contributed by atoms with Crippen LogP contribution in [-0.4, -0.2) is 31.4 Å². The van der Waals surface area contributed by atoms with Gasteiger partial charge in [-0.05, 0) is 18.8 Å². The number of ether oxygens (including phenoxy) is 1. The number of carbonyl (C=O) groups excluding carboxylic acids is 1. The van der Waals surface area contributed by atoms with Crippen LogP contribution in [0, 0.1) is 11.8 Å². The molecule has 0 saturated carbocycles. The van der Waals surface area contributed by atoms with Crippen LogP contribution in [0.5, 0.6) is 0 Å². The summed E-state index contributed by atoms with van der Waals surface area (Å²) >= 11 is 4.07. The predicted molar refractivity (Wildman–Crippen MR) is 70.9 cm³/mol. The van der Waals surface area contributed by atoms with Gasteiger partial charge in [0.05, 0.1) is 6.61 Å². The minimum absolute atomic E-state index is 0.0238. The second kappa shape index (κ2) is 9.97. The summed E-state index contributed by atoms with van der Waals surface area (Å²) in [6.07, 6.45) is 2.29. The van der Waals surface area contributed by atoms with Crippen molar-refractivity contribution >= 4 is 18.5 Å². The molecule has 0 bridgehead atoms. The fourth-order valence-electron chi connectivity index (χ4n) is 1.20. The first kappa shape index (κ1) is 15.8. The van der Waals surface area contributed by atoms with Crippen LogP contribution < -0.4 is 5.32 Å². The second-order valence-corrected chi connectivity index (χ2v) is 4.89. The van der Waals surface area contributed by atoms with Crippen molar-refractivity contribution in [2.24, 2.45) is 11.8 Å². The molecule has 0 aliphatic heterocycles. The Morgan fingerprint density at radius 2 is 2.00 bits per heavy atom. The summed E-state index contributed by atoms with van der Waals surface area (Å²) in [4.78, 5) is 11.3. The summed E-state index contributed by atoms with van der Waals surface area (Å²) in [6, 6.07) is 0. The molecule has 0 saturated heterocycles. The van der Waals surface area contributed by atoms with Crippen LogP contribution in [0.3, 0.4) is 0 Å². The second-order valence-electron chi connectivity index (χ2n) is 4.52. The molecule has 0 aliphatic rings. The monoisotopic (exact) mass is 247 g/mol. The average Bonchev–Trinajstić information content (AvgIpc) is 2.25. The smallest absolute Gasteiger partial charge is 0.223 e. The molecule has 1 N–H and O–H groups in total. The highest BCUT2D eigenvalue weighted by molar-refractivity contribution is 7.80. The number of amides is 1. The van der Waals surface area contributed by atoms with Crippen LogP contribution in [0.15, 0.2) is 0 Å². The Kier molecular flexibility index (Phi) is 9.83. The van der Waals surface area contributed by atoms with Crippen molar-refractivity contribution in [1.82, 2.24) is 5.32 Å². The Morgan fingerprint density at radius 1 is 1.31 bits per heavy atom.